The lowest BCUT2D eigenvalue weighted by Crippen LogP contribution is -2.49. The molecule has 1 aliphatic rings. The number of H-pyrrole nitrogens is 1. The van der Waals surface area contributed by atoms with Crippen molar-refractivity contribution in [2.45, 2.75) is 26.8 Å². The van der Waals surface area contributed by atoms with Crippen LogP contribution in [0.3, 0.4) is 0 Å². The zero-order valence-corrected chi connectivity index (χ0v) is 14.6. The van der Waals surface area contributed by atoms with E-state index in [0.717, 1.165) is 5.56 Å². The lowest BCUT2D eigenvalue weighted by Gasteiger charge is -2.36. The fourth-order valence-electron chi connectivity index (χ4n) is 3.59. The topological polar surface area (TPSA) is 65.2 Å². The minimum absolute atomic E-state index is 0.0627. The molecule has 2 aromatic rings. The molecule has 0 spiro atoms. The lowest BCUT2D eigenvalue weighted by molar-refractivity contribution is 0.0627. The largest absolute Gasteiger partial charge is 0.354 e. The number of carbonyl (C=O) groups excluding carboxylic acids is 2. The molecule has 6 heteroatoms. The summed E-state index contributed by atoms with van der Waals surface area (Å²) in [5.74, 6) is -0.544. The van der Waals surface area contributed by atoms with E-state index in [2.05, 4.69) is 10.3 Å². The maximum absolute atomic E-state index is 13.6. The molecule has 1 aliphatic heterocycles. The predicted octanol–water partition coefficient (Wildman–Crippen LogP) is 2.76. The van der Waals surface area contributed by atoms with Crippen molar-refractivity contribution in [3.63, 3.8) is 0 Å². The summed E-state index contributed by atoms with van der Waals surface area (Å²) in [6.45, 7) is 6.84. The average molecular weight is 343 g/mol. The van der Waals surface area contributed by atoms with Crippen LogP contribution in [-0.4, -0.2) is 41.2 Å². The summed E-state index contributed by atoms with van der Waals surface area (Å²) in [5.41, 5.74) is 3.14. The van der Waals surface area contributed by atoms with E-state index in [-0.39, 0.29) is 23.5 Å². The predicted molar refractivity (Wildman–Crippen MR) is 93.3 cm³/mol. The first-order valence-corrected chi connectivity index (χ1v) is 8.37. The van der Waals surface area contributed by atoms with E-state index < -0.39 is 0 Å². The van der Waals surface area contributed by atoms with Crippen molar-refractivity contribution in [1.29, 1.82) is 0 Å². The van der Waals surface area contributed by atoms with Crippen LogP contribution in [0.1, 0.15) is 50.6 Å². The number of piperazine rings is 1. The maximum Gasteiger partial charge on any atom is 0.271 e. The van der Waals surface area contributed by atoms with Gasteiger partial charge in [-0.1, -0.05) is 12.1 Å². The van der Waals surface area contributed by atoms with Gasteiger partial charge >= 0.3 is 0 Å². The Kier molecular flexibility index (Phi) is 4.72. The number of aromatic nitrogens is 1. The van der Waals surface area contributed by atoms with Crippen LogP contribution < -0.4 is 5.32 Å². The Morgan fingerprint density at radius 1 is 1.28 bits per heavy atom. The number of amides is 1. The SMILES string of the molecule is CC(=O)c1c(C)[nH]c(C(=O)N2CCNCC2c2cccc(F)c2)c1C. The quantitative estimate of drug-likeness (QED) is 0.842. The third-order valence-corrected chi connectivity index (χ3v) is 4.74. The van der Waals surface area contributed by atoms with Gasteiger partial charge < -0.3 is 15.2 Å². The molecule has 1 atom stereocenters. The number of Topliss-reactive ketones (excluding diaryl/α,β-unsaturated/α-hetero) is 1. The Labute approximate surface area is 146 Å². The normalized spacial score (nSPS) is 17.6. The molecule has 1 amide bonds. The van der Waals surface area contributed by atoms with Gasteiger partial charge in [-0.15, -0.1) is 0 Å². The van der Waals surface area contributed by atoms with Crippen molar-refractivity contribution in [1.82, 2.24) is 15.2 Å². The monoisotopic (exact) mass is 343 g/mol. The average Bonchev–Trinajstić information content (AvgIpc) is 2.89. The third-order valence-electron chi connectivity index (χ3n) is 4.74. The molecule has 2 heterocycles. The van der Waals surface area contributed by atoms with Crippen LogP contribution in [0.4, 0.5) is 4.39 Å². The molecule has 1 aromatic heterocycles. The number of aryl methyl sites for hydroxylation is 1. The summed E-state index contributed by atoms with van der Waals surface area (Å²) in [6, 6.07) is 6.09. The van der Waals surface area contributed by atoms with Crippen molar-refractivity contribution in [2.24, 2.45) is 0 Å². The summed E-state index contributed by atoms with van der Waals surface area (Å²) in [5, 5.41) is 3.26. The second-order valence-electron chi connectivity index (χ2n) is 6.45. The minimum Gasteiger partial charge on any atom is -0.354 e. The van der Waals surface area contributed by atoms with Crippen molar-refractivity contribution in [3.8, 4) is 0 Å². The van der Waals surface area contributed by atoms with Gasteiger partial charge in [0.2, 0.25) is 0 Å². The number of aromatic amines is 1. The molecular weight excluding hydrogens is 321 g/mol. The number of halogens is 1. The number of nitrogens with one attached hydrogen (secondary N) is 2. The fourth-order valence-corrected chi connectivity index (χ4v) is 3.59. The third kappa shape index (κ3) is 3.22. The first-order valence-electron chi connectivity index (χ1n) is 8.37. The molecule has 0 saturated carbocycles. The van der Waals surface area contributed by atoms with E-state index >= 15 is 0 Å². The number of nitrogens with zero attached hydrogens (tertiary/aromatic N) is 1. The second kappa shape index (κ2) is 6.80. The Balaban J connectivity index is 1.97. The first-order chi connectivity index (χ1) is 11.9. The van der Waals surface area contributed by atoms with Gasteiger partial charge in [0.1, 0.15) is 11.5 Å². The van der Waals surface area contributed by atoms with E-state index in [1.807, 2.05) is 6.07 Å². The van der Waals surface area contributed by atoms with Crippen LogP contribution in [0.25, 0.3) is 0 Å². The number of ketones is 1. The van der Waals surface area contributed by atoms with Crippen molar-refractivity contribution in [3.05, 3.63) is 58.2 Å². The number of rotatable bonds is 3. The van der Waals surface area contributed by atoms with E-state index in [0.29, 0.717) is 42.1 Å². The second-order valence-corrected chi connectivity index (χ2v) is 6.45. The molecule has 1 fully saturated rings. The lowest BCUT2D eigenvalue weighted by atomic mass is 10.0. The molecule has 3 rings (SSSR count). The van der Waals surface area contributed by atoms with Crippen LogP contribution in [0.5, 0.6) is 0 Å². The van der Waals surface area contributed by atoms with Crippen LogP contribution >= 0.6 is 0 Å². The highest BCUT2D eigenvalue weighted by molar-refractivity contribution is 6.02. The summed E-state index contributed by atoms with van der Waals surface area (Å²) in [4.78, 5) is 29.8. The van der Waals surface area contributed by atoms with Crippen LogP contribution in [0.2, 0.25) is 0 Å². The fraction of sp³-hybridized carbons (Fsp3) is 0.368. The van der Waals surface area contributed by atoms with Gasteiger partial charge in [0.25, 0.3) is 5.91 Å². The summed E-state index contributed by atoms with van der Waals surface area (Å²) < 4.78 is 13.6. The molecule has 1 unspecified atom stereocenters. The number of hydrogen-bond acceptors (Lipinski definition) is 3. The molecule has 1 saturated heterocycles. The smallest absolute Gasteiger partial charge is 0.271 e. The summed E-state index contributed by atoms with van der Waals surface area (Å²) in [7, 11) is 0. The number of benzene rings is 1. The molecule has 132 valence electrons. The Morgan fingerprint density at radius 2 is 2.04 bits per heavy atom. The zero-order valence-electron chi connectivity index (χ0n) is 14.6. The van der Waals surface area contributed by atoms with Crippen molar-refractivity contribution < 1.29 is 14.0 Å². The van der Waals surface area contributed by atoms with E-state index in [9.17, 15) is 14.0 Å². The van der Waals surface area contributed by atoms with E-state index in [1.54, 1.807) is 24.8 Å². The number of hydrogen-bond donors (Lipinski definition) is 2. The highest BCUT2D eigenvalue weighted by Gasteiger charge is 2.31. The molecular formula is C19H22FN3O2. The first kappa shape index (κ1) is 17.4. The van der Waals surface area contributed by atoms with Gasteiger partial charge in [-0.05, 0) is 44.0 Å². The van der Waals surface area contributed by atoms with Crippen LogP contribution in [0.15, 0.2) is 24.3 Å². The standard InChI is InChI=1S/C19H22FN3O2/c1-11-17(13(3)24)12(2)22-18(11)19(25)23-8-7-21-10-16(23)14-5-4-6-15(20)9-14/h4-6,9,16,21-22H,7-8,10H2,1-3H3. The Bertz CT molecular complexity index is 828. The van der Waals surface area contributed by atoms with Crippen molar-refractivity contribution >= 4 is 11.7 Å². The number of carbonyl (C=O) groups is 2. The highest BCUT2D eigenvalue weighted by atomic mass is 19.1. The summed E-state index contributed by atoms with van der Waals surface area (Å²) in [6.07, 6.45) is 0. The van der Waals surface area contributed by atoms with E-state index in [4.69, 9.17) is 0 Å². The van der Waals surface area contributed by atoms with Gasteiger partial charge in [-0.2, -0.15) is 0 Å². The van der Waals surface area contributed by atoms with Crippen molar-refractivity contribution in [2.75, 3.05) is 19.6 Å². The van der Waals surface area contributed by atoms with Crippen LogP contribution in [-0.2, 0) is 0 Å². The molecule has 0 aliphatic carbocycles. The van der Waals surface area contributed by atoms with Gasteiger partial charge in [-0.3, -0.25) is 9.59 Å². The minimum atomic E-state index is -0.318. The molecule has 0 bridgehead atoms. The Hall–Kier alpha value is -2.47. The molecule has 2 N–H and O–H groups in total. The molecule has 25 heavy (non-hydrogen) atoms. The van der Waals surface area contributed by atoms with Gasteiger partial charge in [0.05, 0.1) is 6.04 Å². The molecule has 5 nitrogen and oxygen atoms in total. The summed E-state index contributed by atoms with van der Waals surface area (Å²) >= 11 is 0. The molecule has 1 aromatic carbocycles. The molecule has 0 radical (unpaired) electrons. The Morgan fingerprint density at radius 3 is 2.68 bits per heavy atom. The maximum atomic E-state index is 13.6. The highest BCUT2D eigenvalue weighted by Crippen LogP contribution is 2.27. The van der Waals surface area contributed by atoms with Gasteiger partial charge in [0.15, 0.2) is 5.78 Å². The van der Waals surface area contributed by atoms with Gasteiger partial charge in [0, 0.05) is 30.9 Å². The van der Waals surface area contributed by atoms with Crippen LogP contribution in [0, 0.1) is 19.7 Å². The zero-order chi connectivity index (χ0) is 18.1. The van der Waals surface area contributed by atoms with E-state index in [1.165, 1.54) is 19.1 Å². The van der Waals surface area contributed by atoms with Gasteiger partial charge in [-0.25, -0.2) is 4.39 Å².